The molecule has 1 aliphatic carbocycles. The summed E-state index contributed by atoms with van der Waals surface area (Å²) in [5, 5.41) is 15.1. The van der Waals surface area contributed by atoms with Crippen molar-refractivity contribution in [2.45, 2.75) is 50.2 Å². The van der Waals surface area contributed by atoms with Gasteiger partial charge in [0.15, 0.2) is 11.6 Å². The molecule has 5 rings (SSSR count). The first-order valence-corrected chi connectivity index (χ1v) is 13.0. The molecule has 9 heteroatoms. The normalized spacial score (nSPS) is 24.0. The van der Waals surface area contributed by atoms with Crippen LogP contribution < -0.4 is 10.1 Å². The second kappa shape index (κ2) is 11.3. The summed E-state index contributed by atoms with van der Waals surface area (Å²) in [6.07, 6.45) is 2.47. The first-order chi connectivity index (χ1) is 18.4. The third kappa shape index (κ3) is 5.22. The number of halogens is 3. The van der Waals surface area contributed by atoms with Crippen molar-refractivity contribution in [3.05, 3.63) is 71.2 Å². The molecule has 2 unspecified atom stereocenters. The number of aliphatic hydroxyl groups excluding tert-OH is 1. The van der Waals surface area contributed by atoms with Crippen molar-refractivity contribution in [2.24, 2.45) is 11.8 Å². The van der Waals surface area contributed by atoms with Gasteiger partial charge in [0, 0.05) is 29.6 Å². The highest BCUT2D eigenvalue weighted by Gasteiger charge is 2.47. The lowest BCUT2D eigenvalue weighted by Gasteiger charge is -2.45. The number of fused-ring (bicyclic) bond motifs is 1. The van der Waals surface area contributed by atoms with E-state index in [9.17, 15) is 23.1 Å². The van der Waals surface area contributed by atoms with E-state index in [-0.39, 0.29) is 30.3 Å². The maximum Gasteiger partial charge on any atom is 0.310 e. The van der Waals surface area contributed by atoms with Gasteiger partial charge >= 0.3 is 5.97 Å². The number of benzene rings is 2. The van der Waals surface area contributed by atoms with Crippen LogP contribution in [0.4, 0.5) is 13.2 Å². The Kier molecular flexibility index (Phi) is 7.85. The number of aromatic nitrogens is 1. The summed E-state index contributed by atoms with van der Waals surface area (Å²) < 4.78 is 54.5. The van der Waals surface area contributed by atoms with Crippen molar-refractivity contribution in [2.75, 3.05) is 20.2 Å². The lowest BCUT2D eigenvalue weighted by Crippen LogP contribution is -2.46. The zero-order valence-corrected chi connectivity index (χ0v) is 21.1. The summed E-state index contributed by atoms with van der Waals surface area (Å²) >= 11 is 0. The molecule has 0 bridgehead atoms. The maximum atomic E-state index is 14.7. The van der Waals surface area contributed by atoms with Crippen LogP contribution in [0.15, 0.2) is 42.6 Å². The van der Waals surface area contributed by atoms with Gasteiger partial charge in [-0.25, -0.2) is 13.2 Å². The predicted molar refractivity (Wildman–Crippen MR) is 135 cm³/mol. The number of esters is 1. The van der Waals surface area contributed by atoms with Crippen LogP contribution in [0, 0.1) is 29.3 Å². The van der Waals surface area contributed by atoms with Crippen molar-refractivity contribution in [1.29, 1.82) is 0 Å². The average molecular weight is 529 g/mol. The fraction of sp³-hybridized carbons (Fsp3) is 0.448. The Morgan fingerprint density at radius 2 is 2.00 bits per heavy atom. The van der Waals surface area contributed by atoms with Gasteiger partial charge in [-0.15, -0.1) is 0 Å². The summed E-state index contributed by atoms with van der Waals surface area (Å²) in [7, 11) is 1.56. The molecule has 2 fully saturated rings. The van der Waals surface area contributed by atoms with Gasteiger partial charge in [-0.2, -0.15) is 0 Å². The molecule has 0 amide bonds. The van der Waals surface area contributed by atoms with Crippen molar-refractivity contribution < 1.29 is 32.5 Å². The van der Waals surface area contributed by atoms with Crippen molar-refractivity contribution in [3.63, 3.8) is 0 Å². The van der Waals surface area contributed by atoms with Crippen LogP contribution in [0.25, 0.3) is 10.9 Å². The number of aliphatic hydroxyl groups is 1. The standard InChI is InChI=1S/C29H31F3N2O4/c1-37-17-4-8-24-20(13-17)18(10-12-34-24)25(35)9-5-19-21(27-22(30)6-7-23(31)28(27)32)14-26(19)38-29(36)16-3-2-11-33-15-16/h4,6-8,10,12-13,16,19,21,25-26,33,35H,2-3,5,9,11,14-15H2,1H3/t16?,19-,21-,25+,26?/m1/s1. The molecule has 6 nitrogen and oxygen atoms in total. The summed E-state index contributed by atoms with van der Waals surface area (Å²) in [5.41, 5.74) is 1.02. The minimum atomic E-state index is -1.21. The van der Waals surface area contributed by atoms with Crippen LogP contribution in [0.3, 0.4) is 0 Å². The Hall–Kier alpha value is -3.17. The van der Waals surface area contributed by atoms with E-state index in [1.807, 2.05) is 0 Å². The van der Waals surface area contributed by atoms with Crippen LogP contribution in [0.2, 0.25) is 0 Å². The fourth-order valence-electron chi connectivity index (χ4n) is 5.77. The number of pyridine rings is 1. The van der Waals surface area contributed by atoms with Crippen molar-refractivity contribution in [3.8, 4) is 5.75 Å². The summed E-state index contributed by atoms with van der Waals surface area (Å²) in [6, 6.07) is 8.80. The van der Waals surface area contributed by atoms with Crippen LogP contribution in [-0.4, -0.2) is 42.4 Å². The van der Waals surface area contributed by atoms with Gasteiger partial charge in [-0.1, -0.05) is 0 Å². The number of ether oxygens (including phenoxy) is 2. The number of carbonyl (C=O) groups is 1. The summed E-state index contributed by atoms with van der Waals surface area (Å²) in [5.74, 6) is -4.28. The van der Waals surface area contributed by atoms with E-state index in [0.717, 1.165) is 36.9 Å². The highest BCUT2D eigenvalue weighted by atomic mass is 19.2. The molecule has 0 spiro atoms. The summed E-state index contributed by atoms with van der Waals surface area (Å²) in [4.78, 5) is 17.1. The molecule has 2 aromatic carbocycles. The molecule has 1 saturated heterocycles. The number of hydrogen-bond acceptors (Lipinski definition) is 6. The van der Waals surface area contributed by atoms with Gasteiger partial charge < -0.3 is 19.9 Å². The topological polar surface area (TPSA) is 80.7 Å². The molecular weight excluding hydrogens is 497 g/mol. The molecule has 202 valence electrons. The second-order valence-corrected chi connectivity index (χ2v) is 10.2. The Balaban J connectivity index is 1.36. The lowest BCUT2D eigenvalue weighted by molar-refractivity contribution is -0.166. The minimum Gasteiger partial charge on any atom is -0.497 e. The van der Waals surface area contributed by atoms with E-state index >= 15 is 0 Å². The van der Waals surface area contributed by atoms with Crippen LogP contribution in [0.5, 0.6) is 5.75 Å². The molecule has 1 aromatic heterocycles. The molecule has 0 radical (unpaired) electrons. The number of carbonyl (C=O) groups excluding carboxylic acids is 1. The van der Waals surface area contributed by atoms with Gasteiger partial charge in [0.25, 0.3) is 0 Å². The van der Waals surface area contributed by atoms with E-state index in [4.69, 9.17) is 9.47 Å². The van der Waals surface area contributed by atoms with Gasteiger partial charge in [0.2, 0.25) is 0 Å². The third-order valence-corrected chi connectivity index (χ3v) is 7.94. The molecule has 2 heterocycles. The Labute approximate surface area is 219 Å². The van der Waals surface area contributed by atoms with E-state index in [1.54, 1.807) is 37.6 Å². The average Bonchev–Trinajstić information content (AvgIpc) is 2.93. The van der Waals surface area contributed by atoms with Gasteiger partial charge in [0.05, 0.1) is 24.6 Å². The first kappa shape index (κ1) is 26.4. The highest BCUT2D eigenvalue weighted by molar-refractivity contribution is 5.83. The predicted octanol–water partition coefficient (Wildman–Crippen LogP) is 5.19. The zero-order valence-electron chi connectivity index (χ0n) is 21.1. The quantitative estimate of drug-likeness (QED) is 0.310. The SMILES string of the molecule is COc1ccc2nccc([C@@H](O)CC[C@H]3C(OC(=O)C4CCCNC4)C[C@H]3c3c(F)ccc(F)c3F)c2c1. The molecule has 38 heavy (non-hydrogen) atoms. The fourth-order valence-corrected chi connectivity index (χ4v) is 5.77. The number of rotatable bonds is 8. The van der Waals surface area contributed by atoms with Crippen LogP contribution >= 0.6 is 0 Å². The Morgan fingerprint density at radius 1 is 1.18 bits per heavy atom. The molecule has 1 aliphatic heterocycles. The molecule has 3 aromatic rings. The lowest BCUT2D eigenvalue weighted by atomic mass is 9.65. The van der Waals surface area contributed by atoms with E-state index in [0.29, 0.717) is 29.8 Å². The number of methoxy groups -OCH3 is 1. The van der Waals surface area contributed by atoms with Crippen molar-refractivity contribution in [1.82, 2.24) is 10.3 Å². The van der Waals surface area contributed by atoms with Gasteiger partial charge in [-0.3, -0.25) is 9.78 Å². The van der Waals surface area contributed by atoms with Gasteiger partial charge in [-0.05, 0) is 86.5 Å². The molecule has 5 atom stereocenters. The third-order valence-electron chi connectivity index (χ3n) is 7.94. The van der Waals surface area contributed by atoms with E-state index in [1.165, 1.54) is 0 Å². The van der Waals surface area contributed by atoms with Gasteiger partial charge in [0.1, 0.15) is 17.7 Å². The van der Waals surface area contributed by atoms with Crippen LogP contribution in [-0.2, 0) is 9.53 Å². The van der Waals surface area contributed by atoms with Crippen LogP contribution in [0.1, 0.15) is 55.3 Å². The monoisotopic (exact) mass is 528 g/mol. The largest absolute Gasteiger partial charge is 0.497 e. The summed E-state index contributed by atoms with van der Waals surface area (Å²) in [6.45, 7) is 1.38. The second-order valence-electron chi connectivity index (χ2n) is 10.2. The van der Waals surface area contributed by atoms with Crippen molar-refractivity contribution >= 4 is 16.9 Å². The molecule has 2 N–H and O–H groups in total. The molecular formula is C29H31F3N2O4. The Morgan fingerprint density at radius 3 is 2.76 bits per heavy atom. The maximum absolute atomic E-state index is 14.7. The number of piperidine rings is 1. The minimum absolute atomic E-state index is 0.194. The molecule has 1 saturated carbocycles. The smallest absolute Gasteiger partial charge is 0.310 e. The molecule has 2 aliphatic rings. The number of hydrogen-bond donors (Lipinski definition) is 2. The Bertz CT molecular complexity index is 1310. The van der Waals surface area contributed by atoms with E-state index in [2.05, 4.69) is 10.3 Å². The number of nitrogens with one attached hydrogen (secondary N) is 1. The van der Waals surface area contributed by atoms with E-state index < -0.39 is 41.5 Å². The highest BCUT2D eigenvalue weighted by Crippen LogP contribution is 2.49. The first-order valence-electron chi connectivity index (χ1n) is 13.0. The number of nitrogens with zero attached hydrogens (tertiary/aromatic N) is 1. The zero-order chi connectivity index (χ0) is 26.8.